The normalized spacial score (nSPS) is 12.2. The van der Waals surface area contributed by atoms with Crippen LogP contribution in [0.2, 0.25) is 0 Å². The van der Waals surface area contributed by atoms with Crippen molar-refractivity contribution in [1.82, 2.24) is 4.98 Å². The van der Waals surface area contributed by atoms with Crippen LogP contribution in [0.3, 0.4) is 0 Å². The number of hydrogen-bond acceptors (Lipinski definition) is 5. The van der Waals surface area contributed by atoms with Crippen molar-refractivity contribution in [2.24, 2.45) is 0 Å². The summed E-state index contributed by atoms with van der Waals surface area (Å²) in [6.07, 6.45) is -0.668. The molecule has 6 nitrogen and oxygen atoms in total. The van der Waals surface area contributed by atoms with Gasteiger partial charge in [0.1, 0.15) is 6.61 Å². The maximum absolute atomic E-state index is 12.6. The van der Waals surface area contributed by atoms with Crippen LogP contribution in [0.5, 0.6) is 0 Å². The molecule has 0 fully saturated rings. The minimum Gasteiger partial charge on any atom is -0.476 e. The number of hydrogen-bond donors (Lipinski definition) is 2. The minimum atomic E-state index is -1.15. The summed E-state index contributed by atoms with van der Waals surface area (Å²) >= 11 is 1.11. The van der Waals surface area contributed by atoms with Gasteiger partial charge in [-0.15, -0.1) is 0 Å². The minimum absolute atomic E-state index is 0.0584. The predicted octanol–water partition coefficient (Wildman–Crippen LogP) is 6.18. The monoisotopic (exact) mass is 456 g/mol. The Bertz CT molecular complexity index is 1330. The Kier molecular flexibility index (Phi) is 5.40. The molecule has 0 unspecified atom stereocenters. The number of nitrogens with one attached hydrogen (secondary N) is 1. The highest BCUT2D eigenvalue weighted by atomic mass is 32.1. The fourth-order valence-corrected chi connectivity index (χ4v) is 5.16. The SMILES string of the molecule is Cc1cccc(-c2sc(NC(=O)OCC3c4ccccc4-c4ccccc43)nc2C(=O)O)c1. The Balaban J connectivity index is 1.33. The summed E-state index contributed by atoms with van der Waals surface area (Å²) in [6.45, 7) is 2.10. The first-order valence-electron chi connectivity index (χ1n) is 10.4. The van der Waals surface area contributed by atoms with Crippen molar-refractivity contribution in [3.05, 3.63) is 95.2 Å². The summed E-state index contributed by atoms with van der Waals surface area (Å²) in [5, 5.41) is 12.4. The van der Waals surface area contributed by atoms with Crippen LogP contribution < -0.4 is 5.32 Å². The largest absolute Gasteiger partial charge is 0.476 e. The van der Waals surface area contributed by atoms with Gasteiger partial charge in [0.05, 0.1) is 4.88 Å². The number of amides is 1. The van der Waals surface area contributed by atoms with Crippen molar-refractivity contribution in [2.75, 3.05) is 11.9 Å². The van der Waals surface area contributed by atoms with Gasteiger partial charge >= 0.3 is 12.1 Å². The van der Waals surface area contributed by atoms with Gasteiger partial charge in [0, 0.05) is 5.92 Å². The molecule has 0 aliphatic heterocycles. The average Bonchev–Trinajstić information content (AvgIpc) is 3.37. The molecule has 2 N–H and O–H groups in total. The molecule has 1 aliphatic rings. The second kappa shape index (κ2) is 8.52. The van der Waals surface area contributed by atoms with E-state index >= 15 is 0 Å². The molecular formula is C26H20N2O4S. The Morgan fingerprint density at radius 2 is 1.67 bits per heavy atom. The number of fused-ring (bicyclic) bond motifs is 3. The molecule has 0 saturated carbocycles. The van der Waals surface area contributed by atoms with E-state index in [1.807, 2.05) is 55.5 Å². The third-order valence-corrected chi connectivity index (χ3v) is 6.68. The van der Waals surface area contributed by atoms with E-state index in [0.717, 1.165) is 44.7 Å². The molecule has 1 amide bonds. The van der Waals surface area contributed by atoms with Gasteiger partial charge in [-0.3, -0.25) is 5.32 Å². The zero-order valence-electron chi connectivity index (χ0n) is 17.7. The molecule has 1 aromatic heterocycles. The highest BCUT2D eigenvalue weighted by Crippen LogP contribution is 2.44. The van der Waals surface area contributed by atoms with Gasteiger partial charge in [-0.1, -0.05) is 89.7 Å². The van der Waals surface area contributed by atoms with Crippen LogP contribution in [0.1, 0.15) is 33.1 Å². The second-order valence-electron chi connectivity index (χ2n) is 7.82. The number of carboxylic acid groups (broad SMARTS) is 1. The van der Waals surface area contributed by atoms with Gasteiger partial charge in [-0.05, 0) is 34.7 Å². The highest BCUT2D eigenvalue weighted by Gasteiger charge is 2.29. The lowest BCUT2D eigenvalue weighted by Gasteiger charge is -2.14. The van der Waals surface area contributed by atoms with E-state index < -0.39 is 12.1 Å². The van der Waals surface area contributed by atoms with Crippen LogP contribution >= 0.6 is 11.3 Å². The van der Waals surface area contributed by atoms with Gasteiger partial charge in [0.2, 0.25) is 0 Å². The number of rotatable bonds is 5. The number of aromatic carboxylic acids is 1. The van der Waals surface area contributed by atoms with E-state index in [9.17, 15) is 14.7 Å². The number of thiazole rings is 1. The number of nitrogens with zero attached hydrogens (tertiary/aromatic N) is 1. The van der Waals surface area contributed by atoms with Crippen molar-refractivity contribution >= 4 is 28.5 Å². The first-order valence-corrected chi connectivity index (χ1v) is 11.3. The van der Waals surface area contributed by atoms with Crippen molar-refractivity contribution < 1.29 is 19.4 Å². The Morgan fingerprint density at radius 3 is 2.30 bits per heavy atom. The molecule has 1 aliphatic carbocycles. The Hall–Kier alpha value is -3.97. The van der Waals surface area contributed by atoms with Gasteiger partial charge < -0.3 is 9.84 Å². The smallest absolute Gasteiger partial charge is 0.413 e. The van der Waals surface area contributed by atoms with Crippen molar-refractivity contribution in [1.29, 1.82) is 0 Å². The number of carboxylic acids is 1. The van der Waals surface area contributed by atoms with E-state index in [1.165, 1.54) is 0 Å². The number of carbonyl (C=O) groups is 2. The summed E-state index contributed by atoms with van der Waals surface area (Å²) in [5.74, 6) is -1.21. The van der Waals surface area contributed by atoms with Crippen molar-refractivity contribution in [3.63, 3.8) is 0 Å². The van der Waals surface area contributed by atoms with Gasteiger partial charge in [-0.2, -0.15) is 0 Å². The van der Waals surface area contributed by atoms with E-state index in [1.54, 1.807) is 0 Å². The van der Waals surface area contributed by atoms with E-state index in [4.69, 9.17) is 4.74 Å². The van der Waals surface area contributed by atoms with Gasteiger partial charge in [0.15, 0.2) is 10.8 Å². The average molecular weight is 457 g/mol. The summed E-state index contributed by atoms with van der Waals surface area (Å²) < 4.78 is 5.55. The highest BCUT2D eigenvalue weighted by molar-refractivity contribution is 7.19. The summed E-state index contributed by atoms with van der Waals surface area (Å²) in [5.41, 5.74) is 6.19. The zero-order chi connectivity index (χ0) is 22.9. The molecule has 0 atom stereocenters. The van der Waals surface area contributed by atoms with Crippen LogP contribution in [0, 0.1) is 6.92 Å². The first kappa shape index (κ1) is 20.9. The van der Waals surface area contributed by atoms with Crippen LogP contribution in [0.25, 0.3) is 21.6 Å². The second-order valence-corrected chi connectivity index (χ2v) is 8.82. The van der Waals surface area contributed by atoms with Crippen molar-refractivity contribution in [2.45, 2.75) is 12.8 Å². The molecule has 0 saturated heterocycles. The molecule has 7 heteroatoms. The molecule has 0 spiro atoms. The topological polar surface area (TPSA) is 88.5 Å². The lowest BCUT2D eigenvalue weighted by molar-refractivity contribution is 0.0692. The molecular weight excluding hydrogens is 436 g/mol. The molecule has 5 rings (SSSR count). The quantitative estimate of drug-likeness (QED) is 0.374. The summed E-state index contributed by atoms with van der Waals surface area (Å²) in [4.78, 5) is 28.9. The number of aryl methyl sites for hydroxylation is 1. The maximum Gasteiger partial charge on any atom is 0.413 e. The van der Waals surface area contributed by atoms with Gasteiger partial charge in [-0.25, -0.2) is 14.6 Å². The zero-order valence-corrected chi connectivity index (χ0v) is 18.6. The predicted molar refractivity (Wildman–Crippen MR) is 128 cm³/mol. The van der Waals surface area contributed by atoms with E-state index in [0.29, 0.717) is 4.88 Å². The lowest BCUT2D eigenvalue weighted by atomic mass is 9.98. The number of carbonyl (C=O) groups excluding carboxylic acids is 1. The number of aromatic nitrogens is 1. The third-order valence-electron chi connectivity index (χ3n) is 5.66. The molecule has 4 aromatic rings. The van der Waals surface area contributed by atoms with Crippen molar-refractivity contribution in [3.8, 4) is 21.6 Å². The molecule has 0 bridgehead atoms. The molecule has 3 aromatic carbocycles. The Labute approximate surface area is 194 Å². The fraction of sp³-hybridized carbons (Fsp3) is 0.115. The Morgan fingerprint density at radius 1 is 1.00 bits per heavy atom. The molecule has 33 heavy (non-hydrogen) atoms. The summed E-state index contributed by atoms with van der Waals surface area (Å²) in [7, 11) is 0. The van der Waals surface area contributed by atoms with Crippen LogP contribution in [-0.4, -0.2) is 28.8 Å². The van der Waals surface area contributed by atoms with E-state index in [-0.39, 0.29) is 23.4 Å². The standard InChI is InChI=1S/C26H20N2O4S/c1-15-7-6-8-16(13-15)23-22(24(29)30)27-25(33-23)28-26(31)32-14-21-19-11-4-2-9-17(19)18-10-3-5-12-20(18)21/h2-13,21H,14H2,1H3,(H,29,30)(H,27,28,31). The number of benzene rings is 3. The third kappa shape index (κ3) is 3.99. The molecule has 0 radical (unpaired) electrons. The summed E-state index contributed by atoms with van der Waals surface area (Å²) in [6, 6.07) is 23.7. The number of anilines is 1. The van der Waals surface area contributed by atoms with Gasteiger partial charge in [0.25, 0.3) is 0 Å². The molecule has 164 valence electrons. The van der Waals surface area contributed by atoms with E-state index in [2.05, 4.69) is 34.6 Å². The lowest BCUT2D eigenvalue weighted by Crippen LogP contribution is -2.18. The van der Waals surface area contributed by atoms with Crippen LogP contribution in [0.4, 0.5) is 9.93 Å². The van der Waals surface area contributed by atoms with Crippen LogP contribution in [0.15, 0.2) is 72.8 Å². The fourth-order valence-electron chi connectivity index (χ4n) is 4.22. The number of ether oxygens (including phenoxy) is 1. The first-order chi connectivity index (χ1) is 16.0. The van der Waals surface area contributed by atoms with Crippen LogP contribution in [-0.2, 0) is 4.74 Å². The molecule has 1 heterocycles. The maximum atomic E-state index is 12.6.